The van der Waals surface area contributed by atoms with E-state index in [1.165, 1.54) is 11.0 Å². The minimum absolute atomic E-state index is 0.0947. The molecule has 1 atom stereocenters. The van der Waals surface area contributed by atoms with Gasteiger partial charge in [0.1, 0.15) is 17.6 Å². The third kappa shape index (κ3) is 5.41. The molecular weight excluding hydrogens is 496 g/mol. The third-order valence-electron chi connectivity index (χ3n) is 6.49. The van der Waals surface area contributed by atoms with Gasteiger partial charge in [-0.3, -0.25) is 19.5 Å². The quantitative estimate of drug-likeness (QED) is 0.185. The van der Waals surface area contributed by atoms with Crippen LogP contribution in [0, 0.1) is 0 Å². The number of aromatic nitrogens is 1. The van der Waals surface area contributed by atoms with E-state index < -0.39 is 23.7 Å². The van der Waals surface area contributed by atoms with Crippen LogP contribution in [-0.4, -0.2) is 41.5 Å². The zero-order valence-electron chi connectivity index (χ0n) is 22.7. The molecule has 1 saturated heterocycles. The number of rotatable bonds is 7. The molecule has 0 spiro atoms. The number of ketones is 1. The molecule has 8 heteroatoms. The van der Waals surface area contributed by atoms with Crippen LogP contribution in [0.15, 0.2) is 72.4 Å². The first-order valence-electron chi connectivity index (χ1n) is 12.8. The molecule has 8 nitrogen and oxygen atoms in total. The van der Waals surface area contributed by atoms with Crippen LogP contribution in [-0.2, 0) is 19.7 Å². The van der Waals surface area contributed by atoms with Crippen molar-refractivity contribution in [3.8, 4) is 5.75 Å². The average Bonchev–Trinajstić information content (AvgIpc) is 3.21. The van der Waals surface area contributed by atoms with Gasteiger partial charge in [0.2, 0.25) is 0 Å². The van der Waals surface area contributed by atoms with Crippen LogP contribution >= 0.6 is 0 Å². The fraction of sp³-hybridized carbons (Fsp3) is 0.290. The summed E-state index contributed by atoms with van der Waals surface area (Å²) in [5.41, 5.74) is 1.73. The van der Waals surface area contributed by atoms with E-state index in [0.717, 1.165) is 5.56 Å². The van der Waals surface area contributed by atoms with Crippen LogP contribution in [0.5, 0.6) is 5.75 Å². The Bertz CT molecular complexity index is 1440. The molecule has 1 N–H and O–H groups in total. The monoisotopic (exact) mass is 528 g/mol. The number of Topliss-reactive ketones (excluding diaryl/α,β-unsaturated/α-hetero) is 1. The Morgan fingerprint density at radius 2 is 1.79 bits per heavy atom. The fourth-order valence-corrected chi connectivity index (χ4v) is 4.57. The first-order chi connectivity index (χ1) is 18.6. The molecule has 1 amide bonds. The first-order valence-corrected chi connectivity index (χ1v) is 12.8. The van der Waals surface area contributed by atoms with Crippen LogP contribution in [0.1, 0.15) is 67.3 Å². The summed E-state index contributed by atoms with van der Waals surface area (Å²) in [6.45, 7) is 8.20. The van der Waals surface area contributed by atoms with Crippen molar-refractivity contribution in [1.29, 1.82) is 0 Å². The highest BCUT2D eigenvalue weighted by atomic mass is 16.5. The van der Waals surface area contributed by atoms with E-state index in [1.54, 1.807) is 67.9 Å². The van der Waals surface area contributed by atoms with Crippen molar-refractivity contribution in [2.75, 3.05) is 18.6 Å². The summed E-state index contributed by atoms with van der Waals surface area (Å²) >= 11 is 0. The average molecular weight is 529 g/mol. The summed E-state index contributed by atoms with van der Waals surface area (Å²) in [6.07, 6.45) is 2.22. The highest BCUT2D eigenvalue weighted by Crippen LogP contribution is 2.42. The summed E-state index contributed by atoms with van der Waals surface area (Å²) in [4.78, 5) is 45.2. The second-order valence-corrected chi connectivity index (χ2v) is 10.3. The van der Waals surface area contributed by atoms with E-state index in [2.05, 4.69) is 4.98 Å². The smallest absolute Gasteiger partial charge is 0.338 e. The highest BCUT2D eigenvalue weighted by molar-refractivity contribution is 6.51. The van der Waals surface area contributed by atoms with Crippen molar-refractivity contribution in [3.05, 3.63) is 94.8 Å². The van der Waals surface area contributed by atoms with E-state index in [0.29, 0.717) is 29.1 Å². The SMILES string of the molecule is CCCOC(=O)c1cccc(N2C(=O)C(=O)/C(=C(\O)c3ccc(OC)c(C(C)(C)C)c3)C2c2ccccn2)c1. The number of ether oxygens (including phenoxy) is 2. The van der Waals surface area contributed by atoms with Crippen molar-refractivity contribution in [2.45, 2.75) is 45.6 Å². The Balaban J connectivity index is 1.89. The third-order valence-corrected chi connectivity index (χ3v) is 6.49. The second kappa shape index (κ2) is 11.1. The summed E-state index contributed by atoms with van der Waals surface area (Å²) in [6, 6.07) is 15.6. The lowest BCUT2D eigenvalue weighted by Crippen LogP contribution is -2.30. The molecule has 1 fully saturated rings. The standard InChI is InChI=1S/C31H32N2O6/c1-6-16-39-30(37)20-10-9-11-21(17-20)33-26(23-12-7-8-15-32-23)25(28(35)29(33)36)27(34)19-13-14-24(38-5)22(18-19)31(2,3)4/h7-15,17-18,26,34H,6,16H2,1-5H3/b27-25-. The number of aliphatic hydroxyl groups is 1. The lowest BCUT2D eigenvalue weighted by molar-refractivity contribution is -0.132. The number of benzene rings is 2. The normalized spacial score (nSPS) is 16.8. The molecule has 2 heterocycles. The summed E-state index contributed by atoms with van der Waals surface area (Å²) in [5, 5.41) is 11.5. The number of carbonyl (C=O) groups is 3. The van der Waals surface area contributed by atoms with Gasteiger partial charge in [-0.25, -0.2) is 4.79 Å². The number of anilines is 1. The van der Waals surface area contributed by atoms with Crippen molar-refractivity contribution >= 4 is 29.1 Å². The molecule has 0 aliphatic carbocycles. The molecule has 39 heavy (non-hydrogen) atoms. The maximum Gasteiger partial charge on any atom is 0.338 e. The minimum Gasteiger partial charge on any atom is -0.507 e. The topological polar surface area (TPSA) is 106 Å². The van der Waals surface area contributed by atoms with E-state index in [1.807, 2.05) is 27.7 Å². The molecule has 0 radical (unpaired) electrons. The fourth-order valence-electron chi connectivity index (χ4n) is 4.57. The first kappa shape index (κ1) is 27.6. The van der Waals surface area contributed by atoms with Crippen LogP contribution in [0.25, 0.3) is 5.76 Å². The Morgan fingerprint density at radius 3 is 2.44 bits per heavy atom. The Hall–Kier alpha value is -4.46. The van der Waals surface area contributed by atoms with Gasteiger partial charge in [0, 0.05) is 23.0 Å². The molecule has 1 unspecified atom stereocenters. The molecule has 1 aliphatic rings. The maximum absolute atomic E-state index is 13.5. The maximum atomic E-state index is 13.5. The number of esters is 1. The Kier molecular flexibility index (Phi) is 7.85. The van der Waals surface area contributed by atoms with Gasteiger partial charge in [0.05, 0.1) is 30.5 Å². The van der Waals surface area contributed by atoms with Crippen molar-refractivity contribution in [1.82, 2.24) is 4.98 Å². The highest BCUT2D eigenvalue weighted by Gasteiger charge is 2.47. The van der Waals surface area contributed by atoms with Gasteiger partial charge in [-0.1, -0.05) is 39.8 Å². The molecular formula is C31H32N2O6. The molecule has 3 aromatic rings. The number of amides is 1. The predicted molar refractivity (Wildman–Crippen MR) is 148 cm³/mol. The molecule has 0 bridgehead atoms. The zero-order valence-corrected chi connectivity index (χ0v) is 22.7. The number of carbonyl (C=O) groups excluding carboxylic acids is 3. The lowest BCUT2D eigenvalue weighted by atomic mass is 9.84. The number of hydrogen-bond acceptors (Lipinski definition) is 7. The van der Waals surface area contributed by atoms with Crippen molar-refractivity contribution in [3.63, 3.8) is 0 Å². The van der Waals surface area contributed by atoms with Gasteiger partial charge in [-0.2, -0.15) is 0 Å². The largest absolute Gasteiger partial charge is 0.507 e. The Morgan fingerprint density at radius 1 is 1.03 bits per heavy atom. The zero-order chi connectivity index (χ0) is 28.3. The predicted octanol–water partition coefficient (Wildman–Crippen LogP) is 5.58. The molecule has 4 rings (SSSR count). The van der Waals surface area contributed by atoms with E-state index in [4.69, 9.17) is 9.47 Å². The van der Waals surface area contributed by atoms with E-state index >= 15 is 0 Å². The van der Waals surface area contributed by atoms with E-state index in [-0.39, 0.29) is 28.9 Å². The minimum atomic E-state index is -1.02. The van der Waals surface area contributed by atoms with Crippen LogP contribution in [0.2, 0.25) is 0 Å². The van der Waals surface area contributed by atoms with Crippen LogP contribution in [0.3, 0.4) is 0 Å². The van der Waals surface area contributed by atoms with Gasteiger partial charge < -0.3 is 14.6 Å². The molecule has 0 saturated carbocycles. The van der Waals surface area contributed by atoms with Gasteiger partial charge in [-0.05, 0) is 60.4 Å². The molecule has 1 aromatic heterocycles. The summed E-state index contributed by atoms with van der Waals surface area (Å²) in [5.74, 6) is -1.89. The van der Waals surface area contributed by atoms with Gasteiger partial charge >= 0.3 is 5.97 Å². The van der Waals surface area contributed by atoms with Crippen LogP contribution in [0.4, 0.5) is 5.69 Å². The van der Waals surface area contributed by atoms with Gasteiger partial charge in [-0.15, -0.1) is 0 Å². The number of hydrogen-bond donors (Lipinski definition) is 1. The van der Waals surface area contributed by atoms with Crippen molar-refractivity contribution < 1.29 is 29.0 Å². The Labute approximate surface area is 227 Å². The summed E-state index contributed by atoms with van der Waals surface area (Å²) in [7, 11) is 1.57. The van der Waals surface area contributed by atoms with Crippen molar-refractivity contribution in [2.24, 2.45) is 0 Å². The second-order valence-electron chi connectivity index (χ2n) is 10.3. The van der Waals surface area contributed by atoms with Gasteiger partial charge in [0.25, 0.3) is 11.7 Å². The van der Waals surface area contributed by atoms with Crippen LogP contribution < -0.4 is 9.64 Å². The molecule has 1 aliphatic heterocycles. The molecule has 2 aromatic carbocycles. The lowest BCUT2D eigenvalue weighted by Gasteiger charge is -2.25. The van der Waals surface area contributed by atoms with E-state index in [9.17, 15) is 19.5 Å². The number of pyridine rings is 1. The molecule has 202 valence electrons. The number of aliphatic hydroxyl groups excluding tert-OH is 1. The summed E-state index contributed by atoms with van der Waals surface area (Å²) < 4.78 is 10.8. The number of nitrogens with zero attached hydrogens (tertiary/aromatic N) is 2. The number of methoxy groups -OCH3 is 1. The van der Waals surface area contributed by atoms with Gasteiger partial charge in [0.15, 0.2) is 0 Å².